The van der Waals surface area contributed by atoms with E-state index in [1.54, 1.807) is 24.0 Å². The number of carbonyl (C=O) groups is 1. The number of nitrogens with zero attached hydrogens (tertiary/aromatic N) is 3. The summed E-state index contributed by atoms with van der Waals surface area (Å²) >= 11 is 0. The van der Waals surface area contributed by atoms with Gasteiger partial charge in [0.2, 0.25) is 0 Å². The molecule has 1 aromatic heterocycles. The molecule has 0 N–H and O–H groups in total. The van der Waals surface area contributed by atoms with Crippen LogP contribution in [0.3, 0.4) is 0 Å². The lowest BCUT2D eigenvalue weighted by molar-refractivity contribution is 0.0686. The molecule has 0 bridgehead atoms. The summed E-state index contributed by atoms with van der Waals surface area (Å²) in [5.74, 6) is 0.863. The van der Waals surface area contributed by atoms with Crippen molar-refractivity contribution in [2.45, 2.75) is 19.8 Å². The molecule has 0 aromatic carbocycles. The molecule has 4 nitrogen and oxygen atoms in total. The molecule has 0 spiro atoms. The van der Waals surface area contributed by atoms with E-state index in [2.05, 4.69) is 12.0 Å². The molecule has 0 saturated carbocycles. The van der Waals surface area contributed by atoms with Crippen molar-refractivity contribution in [3.63, 3.8) is 0 Å². The highest BCUT2D eigenvalue weighted by Crippen LogP contribution is 2.17. The third-order valence-electron chi connectivity index (χ3n) is 3.11. The Morgan fingerprint density at radius 1 is 1.47 bits per heavy atom. The van der Waals surface area contributed by atoms with Gasteiger partial charge in [0.05, 0.1) is 0 Å². The SMILES string of the molecule is CC1CCN(C(=O)c2ccnn2C)CC1. The summed E-state index contributed by atoms with van der Waals surface area (Å²) in [6.07, 6.45) is 3.90. The summed E-state index contributed by atoms with van der Waals surface area (Å²) in [7, 11) is 1.81. The van der Waals surface area contributed by atoms with Gasteiger partial charge in [-0.05, 0) is 24.8 Å². The average Bonchev–Trinajstić information content (AvgIpc) is 2.65. The van der Waals surface area contributed by atoms with Crippen LogP contribution in [-0.4, -0.2) is 33.7 Å². The fourth-order valence-electron chi connectivity index (χ4n) is 1.96. The van der Waals surface area contributed by atoms with Crippen LogP contribution < -0.4 is 0 Å². The lowest BCUT2D eigenvalue weighted by atomic mass is 9.99. The van der Waals surface area contributed by atoms with Gasteiger partial charge in [-0.1, -0.05) is 6.92 Å². The van der Waals surface area contributed by atoms with E-state index in [4.69, 9.17) is 0 Å². The normalized spacial score (nSPS) is 18.1. The Labute approximate surface area is 89.9 Å². The first-order valence-corrected chi connectivity index (χ1v) is 5.46. The van der Waals surface area contributed by atoms with E-state index in [0.29, 0.717) is 5.69 Å². The van der Waals surface area contributed by atoms with Crippen molar-refractivity contribution in [2.75, 3.05) is 13.1 Å². The molecule has 0 atom stereocenters. The second-order valence-electron chi connectivity index (χ2n) is 4.31. The van der Waals surface area contributed by atoms with Gasteiger partial charge in [-0.3, -0.25) is 9.48 Å². The van der Waals surface area contributed by atoms with Crippen molar-refractivity contribution in [3.8, 4) is 0 Å². The highest BCUT2D eigenvalue weighted by Gasteiger charge is 2.22. The average molecular weight is 207 g/mol. The molecule has 0 aliphatic carbocycles. The van der Waals surface area contributed by atoms with Gasteiger partial charge < -0.3 is 4.90 Å². The van der Waals surface area contributed by atoms with E-state index in [-0.39, 0.29) is 5.91 Å². The van der Waals surface area contributed by atoms with Crippen LogP contribution in [0.25, 0.3) is 0 Å². The molecule has 1 amide bonds. The molecule has 2 rings (SSSR count). The van der Waals surface area contributed by atoms with Crippen molar-refractivity contribution in [2.24, 2.45) is 13.0 Å². The third kappa shape index (κ3) is 2.03. The Morgan fingerprint density at radius 2 is 2.13 bits per heavy atom. The van der Waals surface area contributed by atoms with E-state index in [9.17, 15) is 4.79 Å². The minimum atomic E-state index is 0.113. The molecule has 1 aliphatic rings. The van der Waals surface area contributed by atoms with Crippen molar-refractivity contribution < 1.29 is 4.79 Å². The third-order valence-corrected chi connectivity index (χ3v) is 3.11. The number of likely N-dealkylation sites (tertiary alicyclic amines) is 1. The molecule has 1 aromatic rings. The highest BCUT2D eigenvalue weighted by molar-refractivity contribution is 5.92. The molecule has 1 fully saturated rings. The predicted octanol–water partition coefficient (Wildman–Crippen LogP) is 1.29. The summed E-state index contributed by atoms with van der Waals surface area (Å²) in [4.78, 5) is 14.0. The quantitative estimate of drug-likeness (QED) is 0.696. The molecular weight excluding hydrogens is 190 g/mol. The summed E-state index contributed by atoms with van der Waals surface area (Å²) in [5, 5.41) is 4.02. The molecular formula is C11H17N3O. The number of hydrogen-bond donors (Lipinski definition) is 0. The maximum Gasteiger partial charge on any atom is 0.272 e. The molecule has 1 aliphatic heterocycles. The summed E-state index contributed by atoms with van der Waals surface area (Å²) in [6, 6.07) is 1.78. The number of hydrogen-bond acceptors (Lipinski definition) is 2. The number of amides is 1. The first-order valence-electron chi connectivity index (χ1n) is 5.46. The molecule has 2 heterocycles. The minimum Gasteiger partial charge on any atom is -0.337 e. The van der Waals surface area contributed by atoms with Gasteiger partial charge in [0.25, 0.3) is 5.91 Å². The Balaban J connectivity index is 2.06. The summed E-state index contributed by atoms with van der Waals surface area (Å²) < 4.78 is 1.64. The summed E-state index contributed by atoms with van der Waals surface area (Å²) in [6.45, 7) is 4.00. The fourth-order valence-corrected chi connectivity index (χ4v) is 1.96. The van der Waals surface area contributed by atoms with Crippen LogP contribution in [0.4, 0.5) is 0 Å². The highest BCUT2D eigenvalue weighted by atomic mass is 16.2. The van der Waals surface area contributed by atoms with Crippen LogP contribution in [0.2, 0.25) is 0 Å². The van der Waals surface area contributed by atoms with Gasteiger partial charge in [-0.2, -0.15) is 5.10 Å². The standard InChI is InChI=1S/C11H17N3O/c1-9-4-7-14(8-5-9)11(15)10-3-6-12-13(10)2/h3,6,9H,4-5,7-8H2,1-2H3. The zero-order valence-electron chi connectivity index (χ0n) is 9.31. The van der Waals surface area contributed by atoms with E-state index < -0.39 is 0 Å². The lowest BCUT2D eigenvalue weighted by Gasteiger charge is -2.30. The van der Waals surface area contributed by atoms with Crippen LogP contribution in [0.5, 0.6) is 0 Å². The zero-order chi connectivity index (χ0) is 10.8. The van der Waals surface area contributed by atoms with Gasteiger partial charge in [-0.25, -0.2) is 0 Å². The van der Waals surface area contributed by atoms with Crippen LogP contribution in [0.15, 0.2) is 12.3 Å². The maximum atomic E-state index is 12.1. The Morgan fingerprint density at radius 3 is 2.67 bits per heavy atom. The van der Waals surface area contributed by atoms with Crippen LogP contribution in [0, 0.1) is 5.92 Å². The Bertz CT molecular complexity index is 350. The van der Waals surface area contributed by atoms with E-state index >= 15 is 0 Å². The Kier molecular flexibility index (Phi) is 2.75. The van der Waals surface area contributed by atoms with E-state index in [0.717, 1.165) is 31.8 Å². The molecule has 4 heteroatoms. The number of rotatable bonds is 1. The van der Waals surface area contributed by atoms with E-state index in [1.807, 2.05) is 4.90 Å². The minimum absolute atomic E-state index is 0.113. The summed E-state index contributed by atoms with van der Waals surface area (Å²) in [5.41, 5.74) is 0.685. The van der Waals surface area contributed by atoms with Crippen molar-refractivity contribution >= 4 is 5.91 Å². The topological polar surface area (TPSA) is 38.1 Å². The first-order chi connectivity index (χ1) is 7.18. The number of aromatic nitrogens is 2. The van der Waals surface area contributed by atoms with Gasteiger partial charge in [0.1, 0.15) is 5.69 Å². The second kappa shape index (κ2) is 4.04. The zero-order valence-corrected chi connectivity index (χ0v) is 9.31. The van der Waals surface area contributed by atoms with Crippen molar-refractivity contribution in [1.29, 1.82) is 0 Å². The van der Waals surface area contributed by atoms with Crippen molar-refractivity contribution in [1.82, 2.24) is 14.7 Å². The lowest BCUT2D eigenvalue weighted by Crippen LogP contribution is -2.38. The Hall–Kier alpha value is -1.32. The largest absolute Gasteiger partial charge is 0.337 e. The maximum absolute atomic E-state index is 12.1. The number of carbonyl (C=O) groups excluding carboxylic acids is 1. The number of piperidine rings is 1. The van der Waals surface area contributed by atoms with Crippen LogP contribution >= 0.6 is 0 Å². The molecule has 15 heavy (non-hydrogen) atoms. The van der Waals surface area contributed by atoms with Crippen LogP contribution in [0.1, 0.15) is 30.3 Å². The predicted molar refractivity (Wildman–Crippen MR) is 57.5 cm³/mol. The fraction of sp³-hybridized carbons (Fsp3) is 0.636. The molecule has 1 saturated heterocycles. The first kappa shape index (κ1) is 10.2. The van der Waals surface area contributed by atoms with Crippen molar-refractivity contribution in [3.05, 3.63) is 18.0 Å². The monoisotopic (exact) mass is 207 g/mol. The van der Waals surface area contributed by atoms with Gasteiger partial charge >= 0.3 is 0 Å². The smallest absolute Gasteiger partial charge is 0.272 e. The van der Waals surface area contributed by atoms with Gasteiger partial charge in [0, 0.05) is 26.3 Å². The van der Waals surface area contributed by atoms with Gasteiger partial charge in [-0.15, -0.1) is 0 Å². The van der Waals surface area contributed by atoms with Crippen LogP contribution in [-0.2, 0) is 7.05 Å². The molecule has 82 valence electrons. The second-order valence-corrected chi connectivity index (χ2v) is 4.31. The van der Waals surface area contributed by atoms with Gasteiger partial charge in [0.15, 0.2) is 0 Å². The molecule has 0 radical (unpaired) electrons. The molecule has 0 unspecified atom stereocenters. The number of aryl methyl sites for hydroxylation is 1. The van der Waals surface area contributed by atoms with E-state index in [1.165, 1.54) is 0 Å².